The van der Waals surface area contributed by atoms with Crippen molar-refractivity contribution < 1.29 is 24.5 Å². The second-order valence-corrected chi connectivity index (χ2v) is 5.46. The standard InChI is InChI=1S/C14H19NO5/c1-14(2,3)12(13(18)19)15-11(17)8-20-10-7-5-4-6-9(10)16/h4-7,12,16H,8H2,1-3H3,(H,15,17)(H,18,19). The molecule has 20 heavy (non-hydrogen) atoms. The number of para-hydroxylation sites is 2. The number of phenolic OH excluding ortho intramolecular Hbond substituents is 1. The number of amides is 1. The number of aromatic hydroxyl groups is 1. The van der Waals surface area contributed by atoms with Gasteiger partial charge in [-0.2, -0.15) is 0 Å². The molecule has 0 aliphatic rings. The number of carboxylic acid groups (broad SMARTS) is 1. The van der Waals surface area contributed by atoms with Crippen molar-refractivity contribution in [2.75, 3.05) is 6.61 Å². The summed E-state index contributed by atoms with van der Waals surface area (Å²) in [5.41, 5.74) is -0.615. The molecule has 1 unspecified atom stereocenters. The minimum Gasteiger partial charge on any atom is -0.504 e. The van der Waals surface area contributed by atoms with Gasteiger partial charge in [-0.25, -0.2) is 4.79 Å². The van der Waals surface area contributed by atoms with Crippen molar-refractivity contribution >= 4 is 11.9 Å². The van der Waals surface area contributed by atoms with Crippen LogP contribution in [0.1, 0.15) is 20.8 Å². The Kier molecular flexibility index (Phi) is 4.96. The van der Waals surface area contributed by atoms with E-state index >= 15 is 0 Å². The van der Waals surface area contributed by atoms with Crippen LogP contribution in [0.5, 0.6) is 11.5 Å². The summed E-state index contributed by atoms with van der Waals surface area (Å²) in [5.74, 6) is -1.57. The van der Waals surface area contributed by atoms with E-state index in [1.807, 2.05) is 0 Å². The molecule has 6 heteroatoms. The summed E-state index contributed by atoms with van der Waals surface area (Å²) in [4.78, 5) is 22.8. The van der Waals surface area contributed by atoms with Crippen LogP contribution < -0.4 is 10.1 Å². The fraction of sp³-hybridized carbons (Fsp3) is 0.429. The zero-order valence-electron chi connectivity index (χ0n) is 11.7. The Balaban J connectivity index is 2.60. The first-order chi connectivity index (χ1) is 9.21. The van der Waals surface area contributed by atoms with Crippen molar-refractivity contribution in [3.63, 3.8) is 0 Å². The SMILES string of the molecule is CC(C)(C)C(NC(=O)COc1ccccc1O)C(=O)O. The molecule has 0 aliphatic heterocycles. The van der Waals surface area contributed by atoms with Gasteiger partial charge >= 0.3 is 5.97 Å². The average Bonchev–Trinajstić information content (AvgIpc) is 2.33. The summed E-state index contributed by atoms with van der Waals surface area (Å²) < 4.78 is 5.14. The molecule has 0 saturated heterocycles. The highest BCUT2D eigenvalue weighted by atomic mass is 16.5. The number of hydrogen-bond acceptors (Lipinski definition) is 4. The van der Waals surface area contributed by atoms with Gasteiger partial charge in [0.2, 0.25) is 0 Å². The van der Waals surface area contributed by atoms with Gasteiger partial charge in [0.25, 0.3) is 5.91 Å². The van der Waals surface area contributed by atoms with Gasteiger partial charge in [0.1, 0.15) is 6.04 Å². The zero-order chi connectivity index (χ0) is 15.3. The summed E-state index contributed by atoms with van der Waals surface area (Å²) in [5, 5.41) is 21.0. The van der Waals surface area contributed by atoms with Crippen LogP contribution in [0, 0.1) is 5.41 Å². The van der Waals surface area contributed by atoms with Gasteiger partial charge in [-0.3, -0.25) is 4.79 Å². The molecule has 0 spiro atoms. The average molecular weight is 281 g/mol. The van der Waals surface area contributed by atoms with Gasteiger partial charge in [0, 0.05) is 0 Å². The fourth-order valence-electron chi connectivity index (χ4n) is 1.57. The van der Waals surface area contributed by atoms with Gasteiger partial charge in [0.15, 0.2) is 18.1 Å². The Morgan fingerprint density at radius 2 is 1.90 bits per heavy atom. The molecule has 1 aromatic carbocycles. The highest BCUT2D eigenvalue weighted by Crippen LogP contribution is 2.24. The molecule has 6 nitrogen and oxygen atoms in total. The first-order valence-electron chi connectivity index (χ1n) is 6.15. The minimum absolute atomic E-state index is 0.0779. The minimum atomic E-state index is -1.10. The summed E-state index contributed by atoms with van der Waals surface area (Å²) in [6.07, 6.45) is 0. The lowest BCUT2D eigenvalue weighted by Gasteiger charge is -2.27. The van der Waals surface area contributed by atoms with Crippen LogP contribution in [-0.4, -0.2) is 34.7 Å². The summed E-state index contributed by atoms with van der Waals surface area (Å²) in [7, 11) is 0. The molecule has 0 fully saturated rings. The van der Waals surface area contributed by atoms with Crippen LogP contribution in [0.4, 0.5) is 0 Å². The third kappa shape index (κ3) is 4.46. The monoisotopic (exact) mass is 281 g/mol. The van der Waals surface area contributed by atoms with Crippen LogP contribution in [0.3, 0.4) is 0 Å². The lowest BCUT2D eigenvalue weighted by Crippen LogP contribution is -2.50. The van der Waals surface area contributed by atoms with E-state index in [0.717, 1.165) is 0 Å². The van der Waals surface area contributed by atoms with E-state index < -0.39 is 23.3 Å². The Bertz CT molecular complexity index is 493. The van der Waals surface area contributed by atoms with Crippen LogP contribution in [-0.2, 0) is 9.59 Å². The predicted octanol–water partition coefficient (Wildman–Crippen LogP) is 1.39. The van der Waals surface area contributed by atoms with Crippen molar-refractivity contribution in [2.45, 2.75) is 26.8 Å². The molecule has 0 bridgehead atoms. The maximum Gasteiger partial charge on any atom is 0.326 e. The Labute approximate surface area is 117 Å². The second-order valence-electron chi connectivity index (χ2n) is 5.46. The zero-order valence-corrected chi connectivity index (χ0v) is 11.7. The summed E-state index contributed by atoms with van der Waals surface area (Å²) >= 11 is 0. The van der Waals surface area contributed by atoms with E-state index in [1.54, 1.807) is 32.9 Å². The number of carboxylic acids is 1. The Morgan fingerprint density at radius 3 is 2.40 bits per heavy atom. The third-order valence-electron chi connectivity index (χ3n) is 2.64. The number of aliphatic carboxylic acids is 1. The fourth-order valence-corrected chi connectivity index (χ4v) is 1.57. The van der Waals surface area contributed by atoms with Gasteiger partial charge in [-0.05, 0) is 17.5 Å². The Morgan fingerprint density at radius 1 is 1.30 bits per heavy atom. The highest BCUT2D eigenvalue weighted by molar-refractivity contribution is 5.84. The molecular weight excluding hydrogens is 262 g/mol. The van der Waals surface area contributed by atoms with E-state index in [4.69, 9.17) is 9.84 Å². The molecule has 1 aromatic rings. The number of phenols is 1. The lowest BCUT2D eigenvalue weighted by atomic mass is 9.87. The number of benzene rings is 1. The molecular formula is C14H19NO5. The first-order valence-corrected chi connectivity index (χ1v) is 6.15. The van der Waals surface area contributed by atoms with Crippen molar-refractivity contribution in [1.29, 1.82) is 0 Å². The number of rotatable bonds is 5. The van der Waals surface area contributed by atoms with Crippen molar-refractivity contribution in [3.05, 3.63) is 24.3 Å². The van der Waals surface area contributed by atoms with Crippen LogP contribution in [0.2, 0.25) is 0 Å². The molecule has 110 valence electrons. The van der Waals surface area contributed by atoms with Crippen LogP contribution in [0.15, 0.2) is 24.3 Å². The quantitative estimate of drug-likeness (QED) is 0.758. The predicted molar refractivity (Wildman–Crippen MR) is 72.6 cm³/mol. The van der Waals surface area contributed by atoms with Gasteiger partial charge in [-0.15, -0.1) is 0 Å². The maximum atomic E-state index is 11.7. The summed E-state index contributed by atoms with van der Waals surface area (Å²) in [6.45, 7) is 4.79. The number of carbonyl (C=O) groups excluding carboxylic acids is 1. The normalized spacial score (nSPS) is 12.6. The molecule has 0 radical (unpaired) electrons. The number of nitrogens with one attached hydrogen (secondary N) is 1. The van der Waals surface area contributed by atoms with E-state index in [0.29, 0.717) is 0 Å². The van der Waals surface area contributed by atoms with Crippen molar-refractivity contribution in [1.82, 2.24) is 5.32 Å². The molecule has 0 saturated carbocycles. The summed E-state index contributed by atoms with van der Waals surface area (Å²) in [6, 6.07) is 5.22. The van der Waals surface area contributed by atoms with E-state index in [2.05, 4.69) is 5.32 Å². The number of ether oxygens (including phenoxy) is 1. The molecule has 1 rings (SSSR count). The number of hydrogen-bond donors (Lipinski definition) is 3. The maximum absolute atomic E-state index is 11.7. The van der Waals surface area contributed by atoms with Gasteiger partial charge in [0.05, 0.1) is 0 Å². The van der Waals surface area contributed by atoms with Crippen molar-refractivity contribution in [2.24, 2.45) is 5.41 Å². The van der Waals surface area contributed by atoms with E-state index in [-0.39, 0.29) is 18.1 Å². The molecule has 3 N–H and O–H groups in total. The third-order valence-corrected chi connectivity index (χ3v) is 2.64. The van der Waals surface area contributed by atoms with Crippen LogP contribution >= 0.6 is 0 Å². The molecule has 0 heterocycles. The van der Waals surface area contributed by atoms with Gasteiger partial charge in [-0.1, -0.05) is 32.9 Å². The van der Waals surface area contributed by atoms with E-state index in [9.17, 15) is 14.7 Å². The second kappa shape index (κ2) is 6.27. The molecule has 1 atom stereocenters. The van der Waals surface area contributed by atoms with Gasteiger partial charge < -0.3 is 20.3 Å². The molecule has 0 aromatic heterocycles. The molecule has 1 amide bonds. The lowest BCUT2D eigenvalue weighted by molar-refractivity contribution is -0.145. The highest BCUT2D eigenvalue weighted by Gasteiger charge is 2.32. The smallest absolute Gasteiger partial charge is 0.326 e. The van der Waals surface area contributed by atoms with Crippen LogP contribution in [0.25, 0.3) is 0 Å². The topological polar surface area (TPSA) is 95.9 Å². The Hall–Kier alpha value is -2.24. The largest absolute Gasteiger partial charge is 0.504 e. The number of carbonyl (C=O) groups is 2. The molecule has 0 aliphatic carbocycles. The van der Waals surface area contributed by atoms with Crippen molar-refractivity contribution in [3.8, 4) is 11.5 Å². The van der Waals surface area contributed by atoms with E-state index in [1.165, 1.54) is 12.1 Å². The first kappa shape index (κ1) is 15.8.